The minimum absolute atomic E-state index is 0.0592. The SMILES string of the molecule is O=C(O)c1ccc(O)cc1Cc1ccc(Cl)cc1. The maximum absolute atomic E-state index is 11.1. The lowest BCUT2D eigenvalue weighted by molar-refractivity contribution is 0.0696. The summed E-state index contributed by atoms with van der Waals surface area (Å²) in [6.45, 7) is 0. The number of hydrogen-bond acceptors (Lipinski definition) is 2. The lowest BCUT2D eigenvalue weighted by Crippen LogP contribution is -2.02. The molecule has 0 bridgehead atoms. The normalized spacial score (nSPS) is 10.3. The maximum atomic E-state index is 11.1. The highest BCUT2D eigenvalue weighted by Gasteiger charge is 2.11. The van der Waals surface area contributed by atoms with Crippen molar-refractivity contribution in [2.45, 2.75) is 6.42 Å². The number of carboxylic acids is 1. The molecule has 0 radical (unpaired) electrons. The molecular formula is C14H11ClO3. The van der Waals surface area contributed by atoms with Crippen molar-refractivity contribution in [3.05, 3.63) is 64.2 Å². The van der Waals surface area contributed by atoms with E-state index in [0.717, 1.165) is 5.56 Å². The van der Waals surface area contributed by atoms with Crippen molar-refractivity contribution in [3.63, 3.8) is 0 Å². The molecule has 4 heteroatoms. The highest BCUT2D eigenvalue weighted by Crippen LogP contribution is 2.21. The van der Waals surface area contributed by atoms with Crippen molar-refractivity contribution in [1.29, 1.82) is 0 Å². The van der Waals surface area contributed by atoms with Gasteiger partial charge in [0, 0.05) is 5.02 Å². The summed E-state index contributed by atoms with van der Waals surface area (Å²) in [5.74, 6) is -0.942. The van der Waals surface area contributed by atoms with E-state index in [1.807, 2.05) is 12.1 Å². The van der Waals surface area contributed by atoms with Gasteiger partial charge in [0.25, 0.3) is 0 Å². The number of benzene rings is 2. The van der Waals surface area contributed by atoms with Gasteiger partial charge in [-0.15, -0.1) is 0 Å². The lowest BCUT2D eigenvalue weighted by Gasteiger charge is -2.07. The van der Waals surface area contributed by atoms with E-state index in [0.29, 0.717) is 17.0 Å². The molecule has 0 aliphatic rings. The molecule has 92 valence electrons. The van der Waals surface area contributed by atoms with E-state index in [4.69, 9.17) is 16.7 Å². The first-order chi connectivity index (χ1) is 8.56. The first-order valence-electron chi connectivity index (χ1n) is 5.36. The molecule has 2 aromatic rings. The van der Waals surface area contributed by atoms with Crippen LogP contribution >= 0.6 is 11.6 Å². The average molecular weight is 263 g/mol. The van der Waals surface area contributed by atoms with Gasteiger partial charge >= 0.3 is 5.97 Å². The van der Waals surface area contributed by atoms with Crippen molar-refractivity contribution < 1.29 is 15.0 Å². The quantitative estimate of drug-likeness (QED) is 0.892. The molecule has 2 N–H and O–H groups in total. The van der Waals surface area contributed by atoms with Crippen molar-refractivity contribution in [3.8, 4) is 5.75 Å². The van der Waals surface area contributed by atoms with E-state index in [2.05, 4.69) is 0 Å². The molecular weight excluding hydrogens is 252 g/mol. The van der Waals surface area contributed by atoms with Crippen molar-refractivity contribution in [2.75, 3.05) is 0 Å². The van der Waals surface area contributed by atoms with Gasteiger partial charge in [-0.1, -0.05) is 23.7 Å². The van der Waals surface area contributed by atoms with E-state index in [1.54, 1.807) is 12.1 Å². The first-order valence-corrected chi connectivity index (χ1v) is 5.73. The molecule has 0 fully saturated rings. The zero-order chi connectivity index (χ0) is 13.1. The van der Waals surface area contributed by atoms with E-state index in [1.165, 1.54) is 18.2 Å². The lowest BCUT2D eigenvalue weighted by atomic mass is 9.99. The van der Waals surface area contributed by atoms with Crippen molar-refractivity contribution in [2.24, 2.45) is 0 Å². The van der Waals surface area contributed by atoms with Crippen LogP contribution in [-0.4, -0.2) is 16.2 Å². The predicted octanol–water partition coefficient (Wildman–Crippen LogP) is 3.33. The topological polar surface area (TPSA) is 57.5 Å². The van der Waals surface area contributed by atoms with E-state index < -0.39 is 5.97 Å². The van der Waals surface area contributed by atoms with Crippen molar-refractivity contribution >= 4 is 17.6 Å². The summed E-state index contributed by atoms with van der Waals surface area (Å²) in [5.41, 5.74) is 1.71. The number of aromatic hydroxyl groups is 1. The number of phenols is 1. The predicted molar refractivity (Wildman–Crippen MR) is 69.3 cm³/mol. The van der Waals surface area contributed by atoms with Gasteiger partial charge in [-0.05, 0) is 47.9 Å². The molecule has 0 spiro atoms. The van der Waals surface area contributed by atoms with Gasteiger partial charge in [0.15, 0.2) is 0 Å². The summed E-state index contributed by atoms with van der Waals surface area (Å²) < 4.78 is 0. The van der Waals surface area contributed by atoms with Crippen LogP contribution in [0.1, 0.15) is 21.5 Å². The molecule has 0 atom stereocenters. The van der Waals surface area contributed by atoms with E-state index >= 15 is 0 Å². The van der Waals surface area contributed by atoms with Crippen LogP contribution in [-0.2, 0) is 6.42 Å². The molecule has 0 unspecified atom stereocenters. The monoisotopic (exact) mass is 262 g/mol. The molecule has 0 aliphatic carbocycles. The summed E-state index contributed by atoms with van der Waals surface area (Å²) in [5, 5.41) is 19.1. The third kappa shape index (κ3) is 2.81. The molecule has 0 saturated heterocycles. The third-order valence-electron chi connectivity index (χ3n) is 2.63. The summed E-state index contributed by atoms with van der Waals surface area (Å²) in [6, 6.07) is 11.4. The Labute approximate surface area is 109 Å². The third-order valence-corrected chi connectivity index (χ3v) is 2.88. The summed E-state index contributed by atoms with van der Waals surface area (Å²) >= 11 is 5.79. The summed E-state index contributed by atoms with van der Waals surface area (Å²) in [6.07, 6.45) is 0.438. The van der Waals surface area contributed by atoms with Gasteiger partial charge in [0.1, 0.15) is 5.75 Å². The number of carbonyl (C=O) groups is 1. The minimum atomic E-state index is -1.00. The largest absolute Gasteiger partial charge is 0.508 e. The molecule has 2 rings (SSSR count). The molecule has 0 amide bonds. The summed E-state index contributed by atoms with van der Waals surface area (Å²) in [7, 11) is 0. The van der Waals surface area contributed by atoms with Gasteiger partial charge in [-0.3, -0.25) is 0 Å². The van der Waals surface area contributed by atoms with Crippen LogP contribution < -0.4 is 0 Å². The second-order valence-electron chi connectivity index (χ2n) is 3.95. The van der Waals surface area contributed by atoms with Gasteiger partial charge in [0.2, 0.25) is 0 Å². The Bertz CT molecular complexity index is 576. The fourth-order valence-electron chi connectivity index (χ4n) is 1.76. The molecule has 0 aromatic heterocycles. The van der Waals surface area contributed by atoms with Crippen LogP contribution in [0, 0.1) is 0 Å². The van der Waals surface area contributed by atoms with E-state index in [-0.39, 0.29) is 11.3 Å². The maximum Gasteiger partial charge on any atom is 0.335 e. The van der Waals surface area contributed by atoms with Crippen LogP contribution in [0.25, 0.3) is 0 Å². The Hall–Kier alpha value is -2.00. The molecule has 18 heavy (non-hydrogen) atoms. The Kier molecular flexibility index (Phi) is 3.53. The van der Waals surface area contributed by atoms with Gasteiger partial charge < -0.3 is 10.2 Å². The fourth-order valence-corrected chi connectivity index (χ4v) is 1.88. The molecule has 0 heterocycles. The van der Waals surface area contributed by atoms with Crippen LogP contribution in [0.5, 0.6) is 5.75 Å². The Morgan fingerprint density at radius 1 is 1.11 bits per heavy atom. The second-order valence-corrected chi connectivity index (χ2v) is 4.39. The van der Waals surface area contributed by atoms with Gasteiger partial charge in [-0.25, -0.2) is 4.79 Å². The Balaban J connectivity index is 2.35. The number of hydrogen-bond donors (Lipinski definition) is 2. The zero-order valence-electron chi connectivity index (χ0n) is 9.43. The number of rotatable bonds is 3. The smallest absolute Gasteiger partial charge is 0.335 e. The molecule has 2 aromatic carbocycles. The molecule has 0 aliphatic heterocycles. The van der Waals surface area contributed by atoms with Crippen LogP contribution in [0.3, 0.4) is 0 Å². The second kappa shape index (κ2) is 5.10. The highest BCUT2D eigenvalue weighted by atomic mass is 35.5. The zero-order valence-corrected chi connectivity index (χ0v) is 10.2. The number of halogens is 1. The van der Waals surface area contributed by atoms with E-state index in [9.17, 15) is 9.90 Å². The van der Waals surface area contributed by atoms with Gasteiger partial charge in [-0.2, -0.15) is 0 Å². The molecule has 3 nitrogen and oxygen atoms in total. The minimum Gasteiger partial charge on any atom is -0.508 e. The molecule has 0 saturated carbocycles. The van der Waals surface area contributed by atoms with Crippen molar-refractivity contribution in [1.82, 2.24) is 0 Å². The number of phenolic OH excluding ortho intramolecular Hbond substituents is 1. The first kappa shape index (κ1) is 12.5. The van der Waals surface area contributed by atoms with Crippen LogP contribution in [0.4, 0.5) is 0 Å². The number of aromatic carboxylic acids is 1. The average Bonchev–Trinajstić information content (AvgIpc) is 2.32. The summed E-state index contributed by atoms with van der Waals surface area (Å²) in [4.78, 5) is 11.1. The Morgan fingerprint density at radius 2 is 1.78 bits per heavy atom. The van der Waals surface area contributed by atoms with Crippen LogP contribution in [0.2, 0.25) is 5.02 Å². The Morgan fingerprint density at radius 3 is 2.39 bits per heavy atom. The standard InChI is InChI=1S/C14H11ClO3/c15-11-3-1-9(2-4-11)7-10-8-12(16)5-6-13(10)14(17)18/h1-6,8,16H,7H2,(H,17,18). The van der Waals surface area contributed by atoms with Crippen LogP contribution in [0.15, 0.2) is 42.5 Å². The highest BCUT2D eigenvalue weighted by molar-refractivity contribution is 6.30. The number of carboxylic acid groups (broad SMARTS) is 1. The fraction of sp³-hybridized carbons (Fsp3) is 0.0714. The van der Waals surface area contributed by atoms with Gasteiger partial charge in [0.05, 0.1) is 5.56 Å².